The first-order valence-corrected chi connectivity index (χ1v) is 8.19. The van der Waals surface area contributed by atoms with Gasteiger partial charge in [0.25, 0.3) is 0 Å². The van der Waals surface area contributed by atoms with Gasteiger partial charge in [0, 0.05) is 30.6 Å². The van der Waals surface area contributed by atoms with Crippen LogP contribution in [0.5, 0.6) is 17.2 Å². The molecule has 0 radical (unpaired) electrons. The number of hydrogen-bond donors (Lipinski definition) is 1. The summed E-state index contributed by atoms with van der Waals surface area (Å²) in [5.41, 5.74) is 0.785. The van der Waals surface area contributed by atoms with Gasteiger partial charge in [0.15, 0.2) is 11.5 Å². The van der Waals surface area contributed by atoms with Crippen molar-refractivity contribution in [3.8, 4) is 17.2 Å². The van der Waals surface area contributed by atoms with Crippen molar-refractivity contribution in [3.63, 3.8) is 0 Å². The predicted molar refractivity (Wildman–Crippen MR) is 78.9 cm³/mol. The summed E-state index contributed by atoms with van der Waals surface area (Å²) in [5.74, 6) is 1.79. The largest absolute Gasteiger partial charge is 0.493 e. The first kappa shape index (κ1) is 16.4. The molecule has 1 rings (SSSR count). The molecule has 0 spiro atoms. The molecule has 0 aromatic heterocycles. The van der Waals surface area contributed by atoms with Gasteiger partial charge >= 0.3 is 0 Å². The first-order chi connectivity index (χ1) is 9.41. The zero-order valence-corrected chi connectivity index (χ0v) is 13.0. The third-order valence-corrected chi connectivity index (χ3v) is 3.72. The molecular formula is C13H21NO5S. The summed E-state index contributed by atoms with van der Waals surface area (Å²) < 4.78 is 37.8. The van der Waals surface area contributed by atoms with Crippen molar-refractivity contribution in [1.29, 1.82) is 0 Å². The quantitative estimate of drug-likeness (QED) is 0.735. The fourth-order valence-electron chi connectivity index (χ4n) is 1.75. The standard InChI is InChI=1S/C13H21NO5S/c1-17-11-8-10(9-12(18-2)13(11)19-3)14-6-5-7-20(4,15)16/h8-9,14H,5-7H2,1-4H3. The van der Waals surface area contributed by atoms with Crippen molar-refractivity contribution in [3.05, 3.63) is 12.1 Å². The molecule has 1 aromatic carbocycles. The maximum absolute atomic E-state index is 11.0. The minimum absolute atomic E-state index is 0.157. The average Bonchev–Trinajstić information content (AvgIpc) is 2.41. The predicted octanol–water partition coefficient (Wildman–Crippen LogP) is 1.56. The van der Waals surface area contributed by atoms with Crippen LogP contribution in [0.2, 0.25) is 0 Å². The molecule has 0 fully saturated rings. The van der Waals surface area contributed by atoms with Gasteiger partial charge in [0.2, 0.25) is 5.75 Å². The maximum atomic E-state index is 11.0. The van der Waals surface area contributed by atoms with Gasteiger partial charge in [-0.1, -0.05) is 0 Å². The number of ether oxygens (including phenoxy) is 3. The van der Waals surface area contributed by atoms with Crippen LogP contribution in [0.4, 0.5) is 5.69 Å². The third kappa shape index (κ3) is 4.80. The number of nitrogens with one attached hydrogen (secondary N) is 1. The molecule has 0 unspecified atom stereocenters. The lowest BCUT2D eigenvalue weighted by molar-refractivity contribution is 0.324. The number of anilines is 1. The molecule has 0 aliphatic heterocycles. The van der Waals surface area contributed by atoms with E-state index >= 15 is 0 Å². The zero-order valence-electron chi connectivity index (χ0n) is 12.2. The van der Waals surface area contributed by atoms with Crippen LogP contribution in [-0.4, -0.2) is 48.3 Å². The molecule has 7 heteroatoms. The van der Waals surface area contributed by atoms with Crippen LogP contribution < -0.4 is 19.5 Å². The second-order valence-electron chi connectivity index (χ2n) is 4.32. The molecule has 0 heterocycles. The molecule has 0 bridgehead atoms. The number of methoxy groups -OCH3 is 3. The van der Waals surface area contributed by atoms with Gasteiger partial charge < -0.3 is 19.5 Å². The molecule has 0 aliphatic rings. The van der Waals surface area contributed by atoms with E-state index in [1.165, 1.54) is 6.26 Å². The van der Waals surface area contributed by atoms with Crippen LogP contribution >= 0.6 is 0 Å². The monoisotopic (exact) mass is 303 g/mol. The lowest BCUT2D eigenvalue weighted by Crippen LogP contribution is -2.10. The molecule has 1 aromatic rings. The first-order valence-electron chi connectivity index (χ1n) is 6.13. The van der Waals surface area contributed by atoms with E-state index in [1.54, 1.807) is 33.5 Å². The van der Waals surface area contributed by atoms with Gasteiger partial charge in [-0.2, -0.15) is 0 Å². The fraction of sp³-hybridized carbons (Fsp3) is 0.538. The van der Waals surface area contributed by atoms with Gasteiger partial charge in [-0.25, -0.2) is 8.42 Å². The van der Waals surface area contributed by atoms with Crippen LogP contribution in [0.1, 0.15) is 6.42 Å². The molecule has 0 saturated carbocycles. The van der Waals surface area contributed by atoms with Crippen LogP contribution in [0, 0.1) is 0 Å². The Hall–Kier alpha value is -1.63. The van der Waals surface area contributed by atoms with Gasteiger partial charge in [0.05, 0.1) is 27.1 Å². The minimum Gasteiger partial charge on any atom is -0.493 e. The van der Waals surface area contributed by atoms with Crippen LogP contribution in [0.15, 0.2) is 12.1 Å². The van der Waals surface area contributed by atoms with E-state index in [0.717, 1.165) is 5.69 Å². The number of hydrogen-bond acceptors (Lipinski definition) is 6. The van der Waals surface area contributed by atoms with Crippen molar-refractivity contribution in [1.82, 2.24) is 0 Å². The van der Waals surface area contributed by atoms with Crippen molar-refractivity contribution in [2.24, 2.45) is 0 Å². The highest BCUT2D eigenvalue weighted by atomic mass is 32.2. The highest BCUT2D eigenvalue weighted by molar-refractivity contribution is 7.90. The molecule has 114 valence electrons. The normalized spacial score (nSPS) is 11.0. The lowest BCUT2D eigenvalue weighted by atomic mass is 10.2. The third-order valence-electron chi connectivity index (χ3n) is 2.69. The SMILES string of the molecule is COc1cc(NCCCS(C)(=O)=O)cc(OC)c1OC. The summed E-state index contributed by atoms with van der Waals surface area (Å²) in [7, 11) is 1.71. The number of sulfone groups is 1. The second-order valence-corrected chi connectivity index (χ2v) is 6.58. The Morgan fingerprint density at radius 3 is 2.00 bits per heavy atom. The average molecular weight is 303 g/mol. The van der Waals surface area contributed by atoms with Crippen molar-refractivity contribution in [2.45, 2.75) is 6.42 Å². The fourth-order valence-corrected chi connectivity index (χ4v) is 2.42. The van der Waals surface area contributed by atoms with Crippen LogP contribution in [-0.2, 0) is 9.84 Å². The van der Waals surface area contributed by atoms with Gasteiger partial charge in [-0.05, 0) is 6.42 Å². The van der Waals surface area contributed by atoms with Crippen molar-refractivity contribution in [2.75, 3.05) is 45.2 Å². The summed E-state index contributed by atoms with van der Waals surface area (Å²) in [6.07, 6.45) is 1.77. The van der Waals surface area contributed by atoms with Crippen LogP contribution in [0.3, 0.4) is 0 Å². The molecule has 0 amide bonds. The Kier molecular flexibility index (Phi) is 5.94. The molecule has 0 aliphatic carbocycles. The second kappa shape index (κ2) is 7.23. The maximum Gasteiger partial charge on any atom is 0.203 e. The summed E-state index contributed by atoms with van der Waals surface area (Å²) in [4.78, 5) is 0. The molecular weight excluding hydrogens is 282 g/mol. The van der Waals surface area contributed by atoms with Gasteiger partial charge in [-0.15, -0.1) is 0 Å². The lowest BCUT2D eigenvalue weighted by Gasteiger charge is -2.15. The molecule has 6 nitrogen and oxygen atoms in total. The van der Waals surface area contributed by atoms with Crippen molar-refractivity contribution >= 4 is 15.5 Å². The number of rotatable bonds is 8. The van der Waals surface area contributed by atoms with E-state index in [-0.39, 0.29) is 5.75 Å². The Labute approximate surface area is 120 Å². The summed E-state index contributed by atoms with van der Waals surface area (Å²) in [6.45, 7) is 0.547. The van der Waals surface area contributed by atoms with Gasteiger partial charge in [0.1, 0.15) is 9.84 Å². The van der Waals surface area contributed by atoms with E-state index < -0.39 is 9.84 Å². The minimum atomic E-state index is -2.92. The highest BCUT2D eigenvalue weighted by Crippen LogP contribution is 2.39. The smallest absolute Gasteiger partial charge is 0.203 e. The summed E-state index contributed by atoms with van der Waals surface area (Å²) >= 11 is 0. The van der Waals surface area contributed by atoms with E-state index in [1.807, 2.05) is 0 Å². The Balaban J connectivity index is 2.76. The Morgan fingerprint density at radius 1 is 1.05 bits per heavy atom. The van der Waals surface area contributed by atoms with E-state index in [4.69, 9.17) is 14.2 Å². The number of benzene rings is 1. The van der Waals surface area contributed by atoms with Crippen LogP contribution in [0.25, 0.3) is 0 Å². The Bertz CT molecular complexity index is 517. The molecule has 0 atom stereocenters. The van der Waals surface area contributed by atoms with E-state index in [2.05, 4.69) is 5.32 Å². The summed E-state index contributed by atoms with van der Waals surface area (Å²) in [6, 6.07) is 3.56. The van der Waals surface area contributed by atoms with Gasteiger partial charge in [-0.3, -0.25) is 0 Å². The zero-order chi connectivity index (χ0) is 15.2. The van der Waals surface area contributed by atoms with E-state index in [9.17, 15) is 8.42 Å². The topological polar surface area (TPSA) is 73.9 Å². The summed E-state index contributed by atoms with van der Waals surface area (Å²) in [5, 5.41) is 3.14. The van der Waals surface area contributed by atoms with Crippen molar-refractivity contribution < 1.29 is 22.6 Å². The molecule has 0 saturated heterocycles. The molecule has 20 heavy (non-hydrogen) atoms. The molecule has 1 N–H and O–H groups in total. The Morgan fingerprint density at radius 2 is 1.60 bits per heavy atom. The highest BCUT2D eigenvalue weighted by Gasteiger charge is 2.13. The van der Waals surface area contributed by atoms with E-state index in [0.29, 0.717) is 30.2 Å².